The van der Waals surface area contributed by atoms with E-state index in [1.54, 1.807) is 18.3 Å². The molecule has 0 saturated carbocycles. The van der Waals surface area contributed by atoms with Crippen LogP contribution in [0.4, 0.5) is 0 Å². The summed E-state index contributed by atoms with van der Waals surface area (Å²) in [6.45, 7) is 7.96. The van der Waals surface area contributed by atoms with E-state index in [0.29, 0.717) is 18.1 Å². The Labute approximate surface area is 60.9 Å². The van der Waals surface area contributed by atoms with Crippen molar-refractivity contribution in [3.05, 3.63) is 30.8 Å². The molecule has 1 heterocycles. The first-order valence-corrected chi connectivity index (χ1v) is 3.17. The van der Waals surface area contributed by atoms with E-state index >= 15 is 0 Å². The standard InChI is InChI=1S/C8H9NO/c1-3-10-8-5-4-7(2)6-9-8/h2,4-6H,3H2,1H3. The fourth-order valence-electron chi connectivity index (χ4n) is 0.625. The van der Waals surface area contributed by atoms with Gasteiger partial charge in [0.2, 0.25) is 5.88 Å². The predicted octanol–water partition coefficient (Wildman–Crippen LogP) is 1.54. The van der Waals surface area contributed by atoms with Crippen molar-refractivity contribution >= 4 is 0 Å². The molecule has 0 aromatic carbocycles. The Hall–Kier alpha value is -1.05. The third kappa shape index (κ3) is 1.72. The van der Waals surface area contributed by atoms with Gasteiger partial charge < -0.3 is 4.74 Å². The Bertz CT molecular complexity index is 193. The molecule has 0 aliphatic heterocycles. The maximum atomic E-state index is 5.40. The zero-order chi connectivity index (χ0) is 7.40. The number of nitrogens with zero attached hydrogens (tertiary/aromatic N) is 1. The fraction of sp³-hybridized carbons (Fsp3) is 0.250. The lowest BCUT2D eigenvalue weighted by atomic mass is 10.3. The zero-order valence-corrected chi connectivity index (χ0v) is 5.87. The van der Waals surface area contributed by atoms with E-state index in [0.717, 1.165) is 0 Å². The summed E-state index contributed by atoms with van der Waals surface area (Å²) in [6.07, 6.45) is 1.57. The molecule has 52 valence electrons. The largest absolute Gasteiger partial charge is 0.478 e. The van der Waals surface area contributed by atoms with Gasteiger partial charge in [-0.2, -0.15) is 0 Å². The highest BCUT2D eigenvalue weighted by molar-refractivity contribution is 5.19. The summed E-state index contributed by atoms with van der Waals surface area (Å²) in [5, 5.41) is 0. The van der Waals surface area contributed by atoms with Gasteiger partial charge in [0, 0.05) is 19.2 Å². The molecule has 1 rings (SSSR count). The molecular weight excluding hydrogens is 126 g/mol. The third-order valence-electron chi connectivity index (χ3n) is 1.05. The van der Waals surface area contributed by atoms with Gasteiger partial charge >= 0.3 is 0 Å². The molecule has 0 spiro atoms. The second kappa shape index (κ2) is 3.20. The topological polar surface area (TPSA) is 22.1 Å². The summed E-state index contributed by atoms with van der Waals surface area (Å²) < 4.78 is 5.09. The van der Waals surface area contributed by atoms with Crippen LogP contribution >= 0.6 is 0 Å². The van der Waals surface area contributed by atoms with Crippen molar-refractivity contribution in [2.75, 3.05) is 6.61 Å². The lowest BCUT2D eigenvalue weighted by Crippen LogP contribution is -1.93. The monoisotopic (exact) mass is 135 g/mol. The molecule has 0 unspecified atom stereocenters. The van der Waals surface area contributed by atoms with Gasteiger partial charge in [0.1, 0.15) is 0 Å². The molecule has 0 fully saturated rings. The van der Waals surface area contributed by atoms with Gasteiger partial charge in [0.05, 0.1) is 6.61 Å². The van der Waals surface area contributed by atoms with E-state index < -0.39 is 0 Å². The van der Waals surface area contributed by atoms with Gasteiger partial charge in [0.15, 0.2) is 0 Å². The number of ether oxygens (including phenoxy) is 1. The molecule has 0 atom stereocenters. The first kappa shape index (κ1) is 7.06. The molecule has 2 radical (unpaired) electrons. The summed E-state index contributed by atoms with van der Waals surface area (Å²) in [5.41, 5.74) is 0.656. The highest BCUT2D eigenvalue weighted by atomic mass is 16.5. The molecule has 2 heteroatoms. The summed E-state index contributed by atoms with van der Waals surface area (Å²) in [6, 6.07) is 3.51. The Morgan fingerprint density at radius 2 is 2.40 bits per heavy atom. The second-order valence-corrected chi connectivity index (χ2v) is 1.86. The normalized spacial score (nSPS) is 9.40. The predicted molar refractivity (Wildman–Crippen MR) is 38.8 cm³/mol. The van der Waals surface area contributed by atoms with Crippen LogP contribution in [0.2, 0.25) is 0 Å². The van der Waals surface area contributed by atoms with Crippen molar-refractivity contribution in [3.63, 3.8) is 0 Å². The quantitative estimate of drug-likeness (QED) is 0.613. The second-order valence-electron chi connectivity index (χ2n) is 1.86. The molecule has 1 aromatic rings. The van der Waals surface area contributed by atoms with E-state index in [1.165, 1.54) is 0 Å². The first-order chi connectivity index (χ1) is 4.83. The van der Waals surface area contributed by atoms with Crippen molar-refractivity contribution in [1.29, 1.82) is 0 Å². The van der Waals surface area contributed by atoms with Crippen LogP contribution in [0.1, 0.15) is 12.5 Å². The summed E-state index contributed by atoms with van der Waals surface area (Å²) in [5.74, 6) is 0.622. The third-order valence-corrected chi connectivity index (χ3v) is 1.05. The molecule has 1 aromatic heterocycles. The Morgan fingerprint density at radius 1 is 1.60 bits per heavy atom. The minimum atomic E-state index is 0.622. The molecule has 0 N–H and O–H groups in total. The number of hydrogen-bond acceptors (Lipinski definition) is 2. The van der Waals surface area contributed by atoms with Crippen LogP contribution in [0.25, 0.3) is 0 Å². The van der Waals surface area contributed by atoms with Crippen molar-refractivity contribution in [3.8, 4) is 5.88 Å². The smallest absolute Gasteiger partial charge is 0.213 e. The van der Waals surface area contributed by atoms with E-state index in [2.05, 4.69) is 4.98 Å². The summed E-state index contributed by atoms with van der Waals surface area (Å²) >= 11 is 0. The van der Waals surface area contributed by atoms with Gasteiger partial charge in [-0.05, 0) is 12.5 Å². The van der Waals surface area contributed by atoms with Crippen LogP contribution in [0.15, 0.2) is 18.3 Å². The Balaban J connectivity index is 2.69. The Morgan fingerprint density at radius 3 is 2.90 bits per heavy atom. The molecule has 2 nitrogen and oxygen atoms in total. The van der Waals surface area contributed by atoms with Crippen LogP contribution < -0.4 is 4.74 Å². The maximum Gasteiger partial charge on any atom is 0.213 e. The van der Waals surface area contributed by atoms with Crippen molar-refractivity contribution in [2.45, 2.75) is 6.92 Å². The molecule has 0 bridgehead atoms. The molecular formula is C8H9NO. The van der Waals surface area contributed by atoms with Crippen LogP contribution in [0.5, 0.6) is 5.88 Å². The zero-order valence-electron chi connectivity index (χ0n) is 5.87. The maximum absolute atomic E-state index is 5.40. The first-order valence-electron chi connectivity index (χ1n) is 3.17. The van der Waals surface area contributed by atoms with E-state index in [4.69, 9.17) is 11.7 Å². The number of hydrogen-bond donors (Lipinski definition) is 0. The van der Waals surface area contributed by atoms with Gasteiger partial charge in [-0.15, -0.1) is 0 Å². The minimum Gasteiger partial charge on any atom is -0.478 e. The molecule has 0 amide bonds. The lowest BCUT2D eigenvalue weighted by molar-refractivity contribution is 0.327. The van der Waals surface area contributed by atoms with Gasteiger partial charge in [-0.3, -0.25) is 0 Å². The van der Waals surface area contributed by atoms with Crippen molar-refractivity contribution < 1.29 is 4.74 Å². The van der Waals surface area contributed by atoms with Crippen molar-refractivity contribution in [1.82, 2.24) is 4.98 Å². The van der Waals surface area contributed by atoms with Crippen molar-refractivity contribution in [2.24, 2.45) is 0 Å². The molecule has 0 saturated heterocycles. The number of pyridine rings is 1. The van der Waals surface area contributed by atoms with Crippen LogP contribution in [0.3, 0.4) is 0 Å². The van der Waals surface area contributed by atoms with Crippen LogP contribution in [0, 0.1) is 6.92 Å². The Kier molecular flexibility index (Phi) is 2.26. The molecule has 0 aliphatic carbocycles. The summed E-state index contributed by atoms with van der Waals surface area (Å²) in [7, 11) is 0. The highest BCUT2D eigenvalue weighted by Gasteiger charge is 1.89. The van der Waals surface area contributed by atoms with E-state index in [1.807, 2.05) is 6.92 Å². The van der Waals surface area contributed by atoms with Crippen LogP contribution in [-0.2, 0) is 0 Å². The SMILES string of the molecule is [CH]c1ccc(OCC)nc1. The molecule has 10 heavy (non-hydrogen) atoms. The number of aromatic nitrogens is 1. The highest BCUT2D eigenvalue weighted by Crippen LogP contribution is 2.05. The fourth-order valence-corrected chi connectivity index (χ4v) is 0.625. The van der Waals surface area contributed by atoms with E-state index in [-0.39, 0.29) is 0 Å². The average molecular weight is 135 g/mol. The van der Waals surface area contributed by atoms with Gasteiger partial charge in [-0.25, -0.2) is 4.98 Å². The molecule has 0 aliphatic rings. The minimum absolute atomic E-state index is 0.622. The van der Waals surface area contributed by atoms with E-state index in [9.17, 15) is 0 Å². The van der Waals surface area contributed by atoms with Gasteiger partial charge in [0.25, 0.3) is 0 Å². The lowest BCUT2D eigenvalue weighted by Gasteiger charge is -1.99. The van der Waals surface area contributed by atoms with Gasteiger partial charge in [-0.1, -0.05) is 6.07 Å². The number of rotatable bonds is 2. The van der Waals surface area contributed by atoms with Crippen LogP contribution in [-0.4, -0.2) is 11.6 Å². The average Bonchev–Trinajstić information content (AvgIpc) is 1.95. The summed E-state index contributed by atoms with van der Waals surface area (Å²) in [4.78, 5) is 3.92.